The molecule has 1 aliphatic carbocycles. The minimum absolute atomic E-state index is 0.189. The molecule has 154 valence electrons. The SMILES string of the molecule is CC(C)(C)OC=O.CNCCSCCN1C(=O)c2ccccc2C1=C1CCC1. The van der Waals surface area contributed by atoms with Gasteiger partial charge in [-0.1, -0.05) is 18.2 Å². The van der Waals surface area contributed by atoms with Gasteiger partial charge >= 0.3 is 0 Å². The van der Waals surface area contributed by atoms with Crippen LogP contribution in [0.3, 0.4) is 0 Å². The van der Waals surface area contributed by atoms with E-state index in [1.54, 1.807) is 0 Å². The van der Waals surface area contributed by atoms with Crippen LogP contribution >= 0.6 is 11.8 Å². The fraction of sp³-hybridized carbons (Fsp3) is 0.545. The number of ether oxygens (including phenoxy) is 1. The Hall–Kier alpha value is -1.79. The number of hydrogen-bond acceptors (Lipinski definition) is 5. The first-order valence-electron chi connectivity index (χ1n) is 9.86. The Balaban J connectivity index is 0.000000345. The van der Waals surface area contributed by atoms with Crippen LogP contribution in [0, 0.1) is 0 Å². The number of carbonyl (C=O) groups excluding carboxylic acids is 2. The van der Waals surface area contributed by atoms with Gasteiger partial charge in [0.1, 0.15) is 5.60 Å². The first kappa shape index (κ1) is 22.5. The highest BCUT2D eigenvalue weighted by Crippen LogP contribution is 2.41. The third-order valence-electron chi connectivity index (χ3n) is 4.58. The van der Waals surface area contributed by atoms with Gasteiger partial charge in [0.2, 0.25) is 0 Å². The average molecular weight is 405 g/mol. The molecule has 0 aromatic heterocycles. The zero-order valence-electron chi connectivity index (χ0n) is 17.4. The summed E-state index contributed by atoms with van der Waals surface area (Å²) in [5, 5.41) is 3.15. The first-order valence-corrected chi connectivity index (χ1v) is 11.0. The molecule has 28 heavy (non-hydrogen) atoms. The van der Waals surface area contributed by atoms with E-state index < -0.39 is 0 Å². The van der Waals surface area contributed by atoms with Gasteiger partial charge in [-0.15, -0.1) is 0 Å². The second kappa shape index (κ2) is 10.7. The van der Waals surface area contributed by atoms with Gasteiger partial charge < -0.3 is 15.0 Å². The number of fused-ring (bicyclic) bond motifs is 1. The van der Waals surface area contributed by atoms with Gasteiger partial charge in [0.25, 0.3) is 12.4 Å². The summed E-state index contributed by atoms with van der Waals surface area (Å²) in [6.45, 7) is 7.76. The Kier molecular flexibility index (Phi) is 8.58. The minimum Gasteiger partial charge on any atom is -0.462 e. The zero-order chi connectivity index (χ0) is 20.6. The molecule has 1 N–H and O–H groups in total. The van der Waals surface area contributed by atoms with Crippen LogP contribution < -0.4 is 5.32 Å². The van der Waals surface area contributed by atoms with Crippen molar-refractivity contribution in [1.82, 2.24) is 10.2 Å². The lowest BCUT2D eigenvalue weighted by Gasteiger charge is -2.26. The number of rotatable bonds is 7. The zero-order valence-corrected chi connectivity index (χ0v) is 18.2. The molecule has 5 nitrogen and oxygen atoms in total. The highest BCUT2D eigenvalue weighted by molar-refractivity contribution is 7.99. The second-order valence-corrected chi connectivity index (χ2v) is 9.08. The molecule has 2 aliphatic rings. The second-order valence-electron chi connectivity index (χ2n) is 7.85. The summed E-state index contributed by atoms with van der Waals surface area (Å²) >= 11 is 1.91. The Labute approximate surface area is 172 Å². The lowest BCUT2D eigenvalue weighted by Crippen LogP contribution is -2.27. The van der Waals surface area contributed by atoms with E-state index in [1.807, 2.05) is 62.7 Å². The maximum absolute atomic E-state index is 12.6. The molecule has 0 atom stereocenters. The van der Waals surface area contributed by atoms with Crippen molar-refractivity contribution in [3.05, 3.63) is 41.0 Å². The van der Waals surface area contributed by atoms with Gasteiger partial charge in [-0.2, -0.15) is 11.8 Å². The van der Waals surface area contributed by atoms with Crippen LogP contribution in [0.4, 0.5) is 0 Å². The molecule has 1 aromatic carbocycles. The Morgan fingerprint density at radius 3 is 2.36 bits per heavy atom. The standard InChI is InChI=1S/C17H22N2OS.C5H10O2/c1-18-9-11-21-12-10-19-16(13-5-4-6-13)14-7-2-3-8-15(14)17(19)20;1-5(2,3)7-4-6/h2-3,7-8,18H,4-6,9-12H2,1H3;4H,1-3H3. The molecule has 0 spiro atoms. The highest BCUT2D eigenvalue weighted by atomic mass is 32.2. The van der Waals surface area contributed by atoms with Gasteiger partial charge in [-0.25, -0.2) is 0 Å². The largest absolute Gasteiger partial charge is 0.462 e. The third kappa shape index (κ3) is 6.11. The minimum atomic E-state index is -0.318. The van der Waals surface area contributed by atoms with E-state index in [0.717, 1.165) is 48.6 Å². The van der Waals surface area contributed by atoms with Crippen molar-refractivity contribution in [2.24, 2.45) is 0 Å². The Morgan fingerprint density at radius 1 is 1.18 bits per heavy atom. The van der Waals surface area contributed by atoms with Crippen molar-refractivity contribution in [3.8, 4) is 0 Å². The predicted octanol–water partition coefficient (Wildman–Crippen LogP) is 3.95. The van der Waals surface area contributed by atoms with Crippen molar-refractivity contribution in [1.29, 1.82) is 0 Å². The normalized spacial score (nSPS) is 15.6. The highest BCUT2D eigenvalue weighted by Gasteiger charge is 2.34. The van der Waals surface area contributed by atoms with Crippen molar-refractivity contribution in [3.63, 3.8) is 0 Å². The molecule has 0 unspecified atom stereocenters. The fourth-order valence-corrected chi connectivity index (χ4v) is 3.89. The number of thioether (sulfide) groups is 1. The van der Waals surface area contributed by atoms with E-state index >= 15 is 0 Å². The lowest BCUT2D eigenvalue weighted by atomic mass is 9.88. The maximum Gasteiger partial charge on any atom is 0.293 e. The van der Waals surface area contributed by atoms with Crippen molar-refractivity contribution in [2.75, 3.05) is 31.6 Å². The van der Waals surface area contributed by atoms with Crippen LogP contribution in [0.15, 0.2) is 29.8 Å². The predicted molar refractivity (Wildman–Crippen MR) is 116 cm³/mol. The van der Waals surface area contributed by atoms with Crippen molar-refractivity contribution >= 4 is 29.8 Å². The molecule has 1 heterocycles. The fourth-order valence-electron chi connectivity index (χ4n) is 3.03. The molecule has 0 bridgehead atoms. The monoisotopic (exact) mass is 404 g/mol. The molecule has 1 saturated carbocycles. The molecule has 1 amide bonds. The topological polar surface area (TPSA) is 58.6 Å². The van der Waals surface area contributed by atoms with Crippen molar-refractivity contribution < 1.29 is 14.3 Å². The molecule has 0 saturated heterocycles. The molecule has 1 aliphatic heterocycles. The molecule has 3 rings (SSSR count). The van der Waals surface area contributed by atoms with Crippen LogP contribution in [-0.4, -0.2) is 54.5 Å². The van der Waals surface area contributed by atoms with Gasteiger partial charge in [-0.3, -0.25) is 9.59 Å². The van der Waals surface area contributed by atoms with Crippen LogP contribution in [0.1, 0.15) is 56.0 Å². The van der Waals surface area contributed by atoms with Gasteiger partial charge in [0.05, 0.1) is 5.70 Å². The van der Waals surface area contributed by atoms with E-state index in [1.165, 1.54) is 17.7 Å². The number of amides is 1. The summed E-state index contributed by atoms with van der Waals surface area (Å²) in [4.78, 5) is 24.3. The molecular formula is C22H32N2O3S. The van der Waals surface area contributed by atoms with E-state index in [-0.39, 0.29) is 11.5 Å². The summed E-state index contributed by atoms with van der Waals surface area (Å²) in [6.07, 6.45) is 3.57. The lowest BCUT2D eigenvalue weighted by molar-refractivity contribution is -0.138. The maximum atomic E-state index is 12.6. The number of nitrogens with zero attached hydrogens (tertiary/aromatic N) is 1. The number of benzene rings is 1. The smallest absolute Gasteiger partial charge is 0.293 e. The molecule has 1 fully saturated rings. The first-order chi connectivity index (χ1) is 13.4. The van der Waals surface area contributed by atoms with E-state index in [4.69, 9.17) is 0 Å². The molecule has 6 heteroatoms. The number of hydrogen-bond donors (Lipinski definition) is 1. The summed E-state index contributed by atoms with van der Waals surface area (Å²) in [6, 6.07) is 8.06. The number of carbonyl (C=O) groups is 2. The van der Waals surface area contributed by atoms with Gasteiger partial charge in [0, 0.05) is 35.7 Å². The average Bonchev–Trinajstić information content (AvgIpc) is 2.86. The molecule has 1 aromatic rings. The third-order valence-corrected chi connectivity index (χ3v) is 5.54. The van der Waals surface area contributed by atoms with E-state index in [9.17, 15) is 9.59 Å². The van der Waals surface area contributed by atoms with E-state index in [2.05, 4.69) is 16.1 Å². The summed E-state index contributed by atoms with van der Waals surface area (Å²) < 4.78 is 4.55. The van der Waals surface area contributed by atoms with Gasteiger partial charge in [-0.05, 0) is 58.7 Å². The Bertz CT molecular complexity index is 704. The van der Waals surface area contributed by atoms with Crippen LogP contribution in [-0.2, 0) is 9.53 Å². The van der Waals surface area contributed by atoms with E-state index in [0.29, 0.717) is 6.47 Å². The number of allylic oxidation sites excluding steroid dienone is 1. The van der Waals surface area contributed by atoms with Crippen LogP contribution in [0.2, 0.25) is 0 Å². The number of nitrogens with one attached hydrogen (secondary N) is 1. The molecular weight excluding hydrogens is 372 g/mol. The quantitative estimate of drug-likeness (QED) is 0.551. The van der Waals surface area contributed by atoms with Crippen LogP contribution in [0.25, 0.3) is 5.70 Å². The van der Waals surface area contributed by atoms with Crippen LogP contribution in [0.5, 0.6) is 0 Å². The summed E-state index contributed by atoms with van der Waals surface area (Å²) in [7, 11) is 1.97. The molecule has 0 radical (unpaired) electrons. The van der Waals surface area contributed by atoms with Gasteiger partial charge in [0.15, 0.2) is 0 Å². The summed E-state index contributed by atoms with van der Waals surface area (Å²) in [5.74, 6) is 2.28. The Morgan fingerprint density at radius 2 is 1.86 bits per heavy atom. The van der Waals surface area contributed by atoms with Crippen molar-refractivity contribution in [2.45, 2.75) is 45.6 Å². The summed E-state index contributed by atoms with van der Waals surface area (Å²) in [5.41, 5.74) is 4.40.